The highest BCUT2D eigenvalue weighted by atomic mass is 16.6. The van der Waals surface area contributed by atoms with Gasteiger partial charge in [0.2, 0.25) is 0 Å². The molecule has 3 fully saturated rings. The summed E-state index contributed by atoms with van der Waals surface area (Å²) in [7, 11) is 0. The van der Waals surface area contributed by atoms with Gasteiger partial charge in [-0.15, -0.1) is 0 Å². The van der Waals surface area contributed by atoms with Crippen molar-refractivity contribution >= 4 is 17.9 Å². The van der Waals surface area contributed by atoms with E-state index < -0.39 is 11.8 Å². The molecule has 9 nitrogen and oxygen atoms in total. The number of carbonyl (C=O) groups is 3. The Hall–Kier alpha value is -1.97. The average Bonchev–Trinajstić information content (AvgIpc) is 3.81. The minimum atomic E-state index is -0.546. The molecule has 0 radical (unpaired) electrons. The van der Waals surface area contributed by atoms with Gasteiger partial charge in [0.1, 0.15) is 38.1 Å². The summed E-state index contributed by atoms with van der Waals surface area (Å²) in [5.74, 6) is -1.94. The Balaban J connectivity index is 1.25. The summed E-state index contributed by atoms with van der Waals surface area (Å²) in [6.45, 7) is 4.96. The van der Waals surface area contributed by atoms with E-state index >= 15 is 0 Å². The van der Waals surface area contributed by atoms with Crippen LogP contribution in [0, 0.1) is 23.7 Å². The highest BCUT2D eigenvalue weighted by molar-refractivity contribution is 5.83. The van der Waals surface area contributed by atoms with Crippen LogP contribution < -0.4 is 0 Å². The van der Waals surface area contributed by atoms with Crippen LogP contribution in [0.15, 0.2) is 12.2 Å². The number of hydrogen-bond donors (Lipinski definition) is 0. The standard InChI is InChI=1S/C31H48O9/c1-2-3-8-11-22-14-15-23(12-9-6-4-5-7-10-13-27(32)38-19-24-16-35-24)29(31(34)40-21-26-18-37-26)28(22)30(33)39-20-25-17-36-25/h14-15,22-26,28-29H,2-13,16-21H2,1H3. The number of epoxide rings is 3. The van der Waals surface area contributed by atoms with Crippen LogP contribution in [-0.2, 0) is 42.8 Å². The second-order valence-corrected chi connectivity index (χ2v) is 11.7. The van der Waals surface area contributed by atoms with Crippen molar-refractivity contribution in [2.45, 2.75) is 102 Å². The highest BCUT2D eigenvalue weighted by Gasteiger charge is 2.47. The Kier molecular flexibility index (Phi) is 12.8. The Morgan fingerprint density at radius 3 is 1.52 bits per heavy atom. The van der Waals surface area contributed by atoms with Crippen molar-refractivity contribution in [1.29, 1.82) is 0 Å². The minimum absolute atomic E-state index is 0.0159. The van der Waals surface area contributed by atoms with E-state index in [1.165, 1.54) is 0 Å². The highest BCUT2D eigenvalue weighted by Crippen LogP contribution is 2.41. The quantitative estimate of drug-likeness (QED) is 0.0651. The molecule has 0 aromatic heterocycles. The number of rotatable bonds is 21. The molecule has 0 aromatic rings. The van der Waals surface area contributed by atoms with E-state index in [-0.39, 0.29) is 61.3 Å². The fourth-order valence-corrected chi connectivity index (χ4v) is 5.53. The Morgan fingerprint density at radius 1 is 0.625 bits per heavy atom. The van der Waals surface area contributed by atoms with Gasteiger partial charge in [-0.25, -0.2) is 0 Å². The molecule has 0 spiro atoms. The lowest BCUT2D eigenvalue weighted by Gasteiger charge is -2.37. The predicted molar refractivity (Wildman–Crippen MR) is 146 cm³/mol. The summed E-state index contributed by atoms with van der Waals surface area (Å²) < 4.78 is 32.0. The van der Waals surface area contributed by atoms with Gasteiger partial charge in [-0.05, 0) is 31.1 Å². The van der Waals surface area contributed by atoms with Crippen molar-refractivity contribution in [1.82, 2.24) is 0 Å². The van der Waals surface area contributed by atoms with Crippen LogP contribution in [0.4, 0.5) is 0 Å². The molecule has 4 aliphatic rings. The van der Waals surface area contributed by atoms with Crippen LogP contribution in [0.2, 0.25) is 0 Å². The molecule has 3 saturated heterocycles. The van der Waals surface area contributed by atoms with Crippen LogP contribution >= 0.6 is 0 Å². The predicted octanol–water partition coefficient (Wildman–Crippen LogP) is 4.55. The van der Waals surface area contributed by atoms with Gasteiger partial charge in [0.25, 0.3) is 0 Å². The number of ether oxygens (including phenoxy) is 6. The molecule has 7 atom stereocenters. The third-order valence-electron chi connectivity index (χ3n) is 8.23. The summed E-state index contributed by atoms with van der Waals surface area (Å²) in [4.78, 5) is 38.6. The van der Waals surface area contributed by atoms with Crippen molar-refractivity contribution in [2.75, 3.05) is 39.6 Å². The summed E-state index contributed by atoms with van der Waals surface area (Å²) in [5.41, 5.74) is 0. The van der Waals surface area contributed by atoms with Crippen molar-refractivity contribution < 1.29 is 42.8 Å². The number of allylic oxidation sites excluding steroid dienone is 2. The molecule has 0 saturated carbocycles. The third-order valence-corrected chi connectivity index (χ3v) is 8.23. The normalized spacial score (nSPS) is 30.0. The molecule has 3 heterocycles. The number of hydrogen-bond acceptors (Lipinski definition) is 9. The van der Waals surface area contributed by atoms with Crippen LogP contribution in [0.3, 0.4) is 0 Å². The van der Waals surface area contributed by atoms with E-state index in [4.69, 9.17) is 28.4 Å². The number of esters is 3. The van der Waals surface area contributed by atoms with Crippen molar-refractivity contribution in [2.24, 2.45) is 23.7 Å². The SMILES string of the molecule is CCCCCC1C=CC(CCCCCCCCC(=O)OCC2CO2)C(C(=O)OCC2CO2)C1C(=O)OCC1CO1. The average molecular weight is 565 g/mol. The lowest BCUT2D eigenvalue weighted by atomic mass is 9.67. The van der Waals surface area contributed by atoms with Gasteiger partial charge in [0.15, 0.2) is 0 Å². The second kappa shape index (κ2) is 16.5. The zero-order valence-electron chi connectivity index (χ0n) is 24.1. The maximum absolute atomic E-state index is 13.4. The zero-order valence-corrected chi connectivity index (χ0v) is 24.1. The lowest BCUT2D eigenvalue weighted by Crippen LogP contribution is -2.43. The van der Waals surface area contributed by atoms with Crippen molar-refractivity contribution in [3.8, 4) is 0 Å². The molecule has 0 bridgehead atoms. The molecule has 4 rings (SSSR count). The summed E-state index contributed by atoms with van der Waals surface area (Å²) >= 11 is 0. The monoisotopic (exact) mass is 564 g/mol. The largest absolute Gasteiger partial charge is 0.463 e. The minimum Gasteiger partial charge on any atom is -0.463 e. The van der Waals surface area contributed by atoms with Crippen molar-refractivity contribution in [3.63, 3.8) is 0 Å². The molecule has 0 aromatic carbocycles. The van der Waals surface area contributed by atoms with Gasteiger partial charge in [-0.2, -0.15) is 0 Å². The first-order valence-corrected chi connectivity index (χ1v) is 15.6. The molecule has 0 amide bonds. The van der Waals surface area contributed by atoms with Gasteiger partial charge in [0, 0.05) is 6.42 Å². The third kappa shape index (κ3) is 11.1. The maximum Gasteiger partial charge on any atom is 0.310 e. The molecular weight excluding hydrogens is 516 g/mol. The Morgan fingerprint density at radius 2 is 1.05 bits per heavy atom. The van der Waals surface area contributed by atoms with Crippen LogP contribution in [0.1, 0.15) is 84.0 Å². The summed E-state index contributed by atoms with van der Waals surface area (Å²) in [6, 6.07) is 0. The van der Waals surface area contributed by atoms with Gasteiger partial charge in [0.05, 0.1) is 31.7 Å². The molecule has 226 valence electrons. The van der Waals surface area contributed by atoms with E-state index in [9.17, 15) is 14.4 Å². The zero-order chi connectivity index (χ0) is 28.2. The van der Waals surface area contributed by atoms with Crippen LogP contribution in [-0.4, -0.2) is 75.9 Å². The van der Waals surface area contributed by atoms with E-state index in [1.807, 2.05) is 0 Å². The van der Waals surface area contributed by atoms with E-state index in [2.05, 4.69) is 19.1 Å². The molecule has 40 heavy (non-hydrogen) atoms. The van der Waals surface area contributed by atoms with Crippen molar-refractivity contribution in [3.05, 3.63) is 12.2 Å². The second-order valence-electron chi connectivity index (χ2n) is 11.7. The smallest absolute Gasteiger partial charge is 0.310 e. The Bertz CT molecular complexity index is 831. The van der Waals surface area contributed by atoms with E-state index in [0.29, 0.717) is 32.8 Å². The molecule has 7 unspecified atom stereocenters. The molecular formula is C31H48O9. The van der Waals surface area contributed by atoms with E-state index in [1.54, 1.807) is 0 Å². The van der Waals surface area contributed by atoms with Gasteiger partial charge in [-0.3, -0.25) is 14.4 Å². The van der Waals surface area contributed by atoms with Gasteiger partial charge < -0.3 is 28.4 Å². The fraction of sp³-hybridized carbons (Fsp3) is 0.839. The molecule has 9 heteroatoms. The maximum atomic E-state index is 13.4. The molecule has 1 aliphatic carbocycles. The number of carbonyl (C=O) groups excluding carboxylic acids is 3. The topological polar surface area (TPSA) is 116 Å². The fourth-order valence-electron chi connectivity index (χ4n) is 5.53. The lowest BCUT2D eigenvalue weighted by molar-refractivity contribution is -0.166. The van der Waals surface area contributed by atoms with E-state index in [0.717, 1.165) is 70.6 Å². The molecule has 3 aliphatic heterocycles. The number of unbranched alkanes of at least 4 members (excludes halogenated alkanes) is 7. The Labute approximate surface area is 238 Å². The molecule has 0 N–H and O–H groups in total. The first kappa shape index (κ1) is 31.0. The summed E-state index contributed by atoms with van der Waals surface area (Å²) in [6.07, 6.45) is 15.7. The first-order chi connectivity index (χ1) is 19.5. The van der Waals surface area contributed by atoms with Crippen LogP contribution in [0.5, 0.6) is 0 Å². The first-order valence-electron chi connectivity index (χ1n) is 15.6. The van der Waals surface area contributed by atoms with Gasteiger partial charge in [-0.1, -0.05) is 70.4 Å². The summed E-state index contributed by atoms with van der Waals surface area (Å²) in [5, 5.41) is 0. The van der Waals surface area contributed by atoms with Crippen LogP contribution in [0.25, 0.3) is 0 Å². The van der Waals surface area contributed by atoms with Gasteiger partial charge >= 0.3 is 17.9 Å².